The monoisotopic (exact) mass is 372 g/mol. The molecule has 3 rings (SSSR count). The van der Waals surface area contributed by atoms with E-state index >= 15 is 0 Å². The van der Waals surface area contributed by atoms with Gasteiger partial charge in [0.15, 0.2) is 0 Å². The molecule has 1 heterocycles. The van der Waals surface area contributed by atoms with Crippen molar-refractivity contribution >= 4 is 17.4 Å². The Morgan fingerprint density at radius 3 is 2.41 bits per heavy atom. The van der Waals surface area contributed by atoms with Crippen molar-refractivity contribution in [3.05, 3.63) is 83.8 Å². The summed E-state index contributed by atoms with van der Waals surface area (Å²) in [4.78, 5) is 20.1. The number of nitrogens with zero attached hydrogens (tertiary/aromatic N) is 2. The number of rotatable bonds is 5. The zero-order valence-electron chi connectivity index (χ0n) is 14.0. The van der Waals surface area contributed by atoms with Crippen molar-refractivity contribution in [1.29, 1.82) is 0 Å². The van der Waals surface area contributed by atoms with Gasteiger partial charge in [-0.15, -0.1) is 0 Å². The first-order chi connectivity index (χ1) is 12.9. The summed E-state index contributed by atoms with van der Waals surface area (Å²) in [5.74, 6) is -0.161. The van der Waals surface area contributed by atoms with Gasteiger partial charge in [-0.25, -0.2) is 9.97 Å². The highest BCUT2D eigenvalue weighted by molar-refractivity contribution is 5.92. The lowest BCUT2D eigenvalue weighted by Gasteiger charge is -2.10. The normalized spacial score (nSPS) is 11.1. The molecular weight excluding hydrogens is 357 g/mol. The molecule has 0 aliphatic rings. The van der Waals surface area contributed by atoms with Crippen LogP contribution >= 0.6 is 0 Å². The molecule has 2 aromatic carbocycles. The zero-order chi connectivity index (χ0) is 19.3. The minimum atomic E-state index is -4.43. The molecule has 3 aromatic rings. The van der Waals surface area contributed by atoms with E-state index in [9.17, 15) is 18.0 Å². The topological polar surface area (TPSA) is 66.9 Å². The first-order valence-electron chi connectivity index (χ1n) is 8.00. The molecule has 0 aliphatic carbocycles. The summed E-state index contributed by atoms with van der Waals surface area (Å²) in [5.41, 5.74) is 0.514. The highest BCUT2D eigenvalue weighted by Crippen LogP contribution is 2.31. The smallest absolute Gasteiger partial charge is 0.347 e. The largest absolute Gasteiger partial charge is 0.416 e. The van der Waals surface area contributed by atoms with Gasteiger partial charge in [-0.1, -0.05) is 36.4 Å². The van der Waals surface area contributed by atoms with Gasteiger partial charge in [-0.3, -0.25) is 4.79 Å². The molecule has 1 amide bonds. The van der Waals surface area contributed by atoms with E-state index in [-0.39, 0.29) is 17.2 Å². The Morgan fingerprint density at radius 2 is 1.74 bits per heavy atom. The van der Waals surface area contributed by atoms with Gasteiger partial charge in [-0.05, 0) is 23.8 Å². The van der Waals surface area contributed by atoms with E-state index < -0.39 is 17.6 Å². The van der Waals surface area contributed by atoms with Crippen molar-refractivity contribution in [2.45, 2.75) is 12.7 Å². The van der Waals surface area contributed by atoms with E-state index in [1.54, 1.807) is 0 Å². The van der Waals surface area contributed by atoms with Crippen LogP contribution in [0.15, 0.2) is 67.0 Å². The molecule has 1 aromatic heterocycles. The Kier molecular flexibility index (Phi) is 5.35. The number of halogens is 3. The molecule has 0 aliphatic heterocycles. The first kappa shape index (κ1) is 18.4. The van der Waals surface area contributed by atoms with Gasteiger partial charge in [0, 0.05) is 12.2 Å². The second-order valence-corrected chi connectivity index (χ2v) is 5.66. The molecule has 0 saturated heterocycles. The molecule has 0 bridgehead atoms. The van der Waals surface area contributed by atoms with E-state index in [1.807, 2.05) is 30.3 Å². The van der Waals surface area contributed by atoms with Gasteiger partial charge in [0.25, 0.3) is 5.91 Å². The van der Waals surface area contributed by atoms with Gasteiger partial charge in [-0.2, -0.15) is 13.2 Å². The van der Waals surface area contributed by atoms with E-state index in [4.69, 9.17) is 0 Å². The third kappa shape index (κ3) is 5.04. The Hall–Kier alpha value is -3.42. The number of alkyl halides is 3. The van der Waals surface area contributed by atoms with E-state index in [0.29, 0.717) is 6.54 Å². The lowest BCUT2D eigenvalue weighted by Crippen LogP contribution is -2.24. The van der Waals surface area contributed by atoms with Crippen molar-refractivity contribution in [2.75, 3.05) is 5.32 Å². The van der Waals surface area contributed by atoms with Crippen molar-refractivity contribution in [2.24, 2.45) is 0 Å². The van der Waals surface area contributed by atoms with Crippen molar-refractivity contribution < 1.29 is 18.0 Å². The summed E-state index contributed by atoms with van der Waals surface area (Å²) >= 11 is 0. The fraction of sp³-hybridized carbons (Fsp3) is 0.105. The Bertz CT molecular complexity index is 912. The molecule has 0 unspecified atom stereocenters. The van der Waals surface area contributed by atoms with E-state index in [1.165, 1.54) is 24.5 Å². The predicted octanol–water partition coefficient (Wildman–Crippen LogP) is 4.17. The molecule has 0 atom stereocenters. The van der Waals surface area contributed by atoms with Gasteiger partial charge in [0.2, 0.25) is 0 Å². The predicted molar refractivity (Wildman–Crippen MR) is 94.4 cm³/mol. The van der Waals surface area contributed by atoms with Gasteiger partial charge in [0.05, 0.1) is 18.0 Å². The Labute approximate surface area is 153 Å². The van der Waals surface area contributed by atoms with Crippen LogP contribution < -0.4 is 10.6 Å². The number of nitrogens with one attached hydrogen (secondary N) is 2. The number of amides is 1. The molecule has 0 saturated carbocycles. The van der Waals surface area contributed by atoms with Crippen LogP contribution in [0.4, 0.5) is 24.7 Å². The van der Waals surface area contributed by atoms with Crippen LogP contribution in [0, 0.1) is 0 Å². The second-order valence-electron chi connectivity index (χ2n) is 5.66. The number of aromatic nitrogens is 2. The standard InChI is InChI=1S/C19H15F3N4O/c20-19(21,22)14-7-4-8-15(9-14)26-17-12-23-16(11-24-17)18(27)25-10-13-5-2-1-3-6-13/h1-9,11-12H,10H2,(H,24,26)(H,25,27). The third-order valence-electron chi connectivity index (χ3n) is 3.64. The van der Waals surface area contributed by atoms with Crippen LogP contribution in [0.5, 0.6) is 0 Å². The molecule has 0 radical (unpaired) electrons. The fourth-order valence-corrected chi connectivity index (χ4v) is 2.30. The minimum absolute atomic E-state index is 0.112. The summed E-state index contributed by atoms with van der Waals surface area (Å²) in [5, 5.41) is 5.46. The van der Waals surface area contributed by atoms with Crippen LogP contribution in [-0.4, -0.2) is 15.9 Å². The quantitative estimate of drug-likeness (QED) is 0.706. The third-order valence-corrected chi connectivity index (χ3v) is 3.64. The highest BCUT2D eigenvalue weighted by atomic mass is 19.4. The summed E-state index contributed by atoms with van der Waals surface area (Å²) in [6.45, 7) is 0.353. The second kappa shape index (κ2) is 7.86. The molecular formula is C19H15F3N4O. The maximum absolute atomic E-state index is 12.7. The number of benzene rings is 2. The van der Waals surface area contributed by atoms with Gasteiger partial charge in [0.1, 0.15) is 11.5 Å². The zero-order valence-corrected chi connectivity index (χ0v) is 14.0. The van der Waals surface area contributed by atoms with Crippen molar-refractivity contribution in [3.63, 3.8) is 0 Å². The number of hydrogen-bond acceptors (Lipinski definition) is 4. The Morgan fingerprint density at radius 1 is 0.963 bits per heavy atom. The SMILES string of the molecule is O=C(NCc1ccccc1)c1cnc(Nc2cccc(C(F)(F)F)c2)cn1. The van der Waals surface area contributed by atoms with Crippen LogP contribution in [0.1, 0.15) is 21.6 Å². The minimum Gasteiger partial charge on any atom is -0.347 e. The molecule has 0 spiro atoms. The lowest BCUT2D eigenvalue weighted by molar-refractivity contribution is -0.137. The molecule has 5 nitrogen and oxygen atoms in total. The average molecular weight is 372 g/mol. The van der Waals surface area contributed by atoms with Crippen LogP contribution in [0.2, 0.25) is 0 Å². The summed E-state index contributed by atoms with van der Waals surface area (Å²) in [6, 6.07) is 14.1. The number of anilines is 2. The summed E-state index contributed by atoms with van der Waals surface area (Å²) < 4.78 is 38.2. The molecule has 2 N–H and O–H groups in total. The number of carbonyl (C=O) groups is 1. The molecule has 138 valence electrons. The fourth-order valence-electron chi connectivity index (χ4n) is 2.30. The average Bonchev–Trinajstić information content (AvgIpc) is 2.67. The maximum Gasteiger partial charge on any atom is 0.416 e. The first-order valence-corrected chi connectivity index (χ1v) is 8.00. The molecule has 0 fully saturated rings. The van der Waals surface area contributed by atoms with Crippen LogP contribution in [-0.2, 0) is 12.7 Å². The highest BCUT2D eigenvalue weighted by Gasteiger charge is 2.30. The number of hydrogen-bond donors (Lipinski definition) is 2. The van der Waals surface area contributed by atoms with Crippen molar-refractivity contribution in [3.8, 4) is 0 Å². The van der Waals surface area contributed by atoms with Crippen LogP contribution in [0.3, 0.4) is 0 Å². The van der Waals surface area contributed by atoms with Gasteiger partial charge < -0.3 is 10.6 Å². The molecule has 8 heteroatoms. The maximum atomic E-state index is 12.7. The number of carbonyl (C=O) groups excluding carboxylic acids is 1. The Balaban J connectivity index is 1.62. The molecule has 27 heavy (non-hydrogen) atoms. The van der Waals surface area contributed by atoms with E-state index in [0.717, 1.165) is 17.7 Å². The van der Waals surface area contributed by atoms with E-state index in [2.05, 4.69) is 20.6 Å². The van der Waals surface area contributed by atoms with Gasteiger partial charge >= 0.3 is 6.18 Å². The van der Waals surface area contributed by atoms with Crippen LogP contribution in [0.25, 0.3) is 0 Å². The lowest BCUT2D eigenvalue weighted by atomic mass is 10.2. The summed E-state index contributed by atoms with van der Waals surface area (Å²) in [7, 11) is 0. The summed E-state index contributed by atoms with van der Waals surface area (Å²) in [6.07, 6.45) is -1.88. The van der Waals surface area contributed by atoms with Crippen molar-refractivity contribution in [1.82, 2.24) is 15.3 Å².